The molecule has 1 spiro atoms. The molecule has 10 heteroatoms. The second-order valence-corrected chi connectivity index (χ2v) is 9.78. The zero-order valence-electron chi connectivity index (χ0n) is 21.3. The monoisotopic (exact) mass is 564 g/mol. The van der Waals surface area contributed by atoms with Crippen LogP contribution in [0.4, 0.5) is 17.1 Å². The summed E-state index contributed by atoms with van der Waals surface area (Å²) in [7, 11) is 0. The summed E-state index contributed by atoms with van der Waals surface area (Å²) in [6, 6.07) is 28.3. The maximum Gasteiger partial charge on any atom is 0.366 e. The van der Waals surface area contributed by atoms with E-state index >= 15 is 0 Å². The molecule has 0 aliphatic carbocycles. The van der Waals surface area contributed by atoms with Crippen molar-refractivity contribution < 1.29 is 29.2 Å². The molecular formula is C31H21ClN4O5. The Morgan fingerprint density at radius 2 is 1.41 bits per heavy atom. The van der Waals surface area contributed by atoms with Crippen molar-refractivity contribution >= 4 is 58.0 Å². The highest BCUT2D eigenvalue weighted by Gasteiger charge is 2.73. The van der Waals surface area contributed by atoms with Crippen molar-refractivity contribution in [1.82, 2.24) is 0 Å². The number of hydrogen-bond acceptors (Lipinski definition) is 6. The summed E-state index contributed by atoms with van der Waals surface area (Å²) < 4.78 is 1.29. The van der Waals surface area contributed by atoms with E-state index in [4.69, 9.17) is 17.3 Å². The molecule has 3 N–H and O–H groups in total. The molecule has 2 amide bonds. The fourth-order valence-corrected chi connectivity index (χ4v) is 5.45. The first-order valence-corrected chi connectivity index (χ1v) is 12.9. The van der Waals surface area contributed by atoms with Gasteiger partial charge in [-0.2, -0.15) is 9.48 Å². The van der Waals surface area contributed by atoms with E-state index in [1.807, 2.05) is 0 Å². The van der Waals surface area contributed by atoms with Crippen LogP contribution >= 0.6 is 11.6 Å². The van der Waals surface area contributed by atoms with E-state index in [1.165, 1.54) is 53.1 Å². The first-order chi connectivity index (χ1) is 19.8. The van der Waals surface area contributed by atoms with Gasteiger partial charge < -0.3 is 10.2 Å². The van der Waals surface area contributed by atoms with E-state index in [-0.39, 0.29) is 23.0 Å². The minimum atomic E-state index is -2.43. The Bertz CT molecular complexity index is 1790. The van der Waals surface area contributed by atoms with Gasteiger partial charge in [0.15, 0.2) is 0 Å². The van der Waals surface area contributed by atoms with E-state index < -0.39 is 34.6 Å². The molecule has 0 saturated carbocycles. The molecule has 1 saturated heterocycles. The molecule has 1 fully saturated rings. The van der Waals surface area contributed by atoms with Crippen LogP contribution in [0.2, 0.25) is 5.02 Å². The number of amides is 2. The van der Waals surface area contributed by atoms with Gasteiger partial charge in [-0.15, -0.1) is 0 Å². The molecule has 9 nitrogen and oxygen atoms in total. The number of phenolic OH excluding ortho intramolecular Hbond substituents is 1. The van der Waals surface area contributed by atoms with Gasteiger partial charge in [-0.05, 0) is 54.1 Å². The average molecular weight is 565 g/mol. The second-order valence-electron chi connectivity index (χ2n) is 9.35. The van der Waals surface area contributed by atoms with E-state index in [0.29, 0.717) is 16.4 Å². The Labute approximate surface area is 239 Å². The predicted octanol–water partition coefficient (Wildman–Crippen LogP) is 3.13. The summed E-state index contributed by atoms with van der Waals surface area (Å²) in [6.45, 7) is 0. The highest BCUT2D eigenvalue weighted by Crippen LogP contribution is 2.49. The number of ketones is 1. The molecule has 202 valence electrons. The summed E-state index contributed by atoms with van der Waals surface area (Å²) in [5.74, 6) is -4.65. The van der Waals surface area contributed by atoms with Gasteiger partial charge in [-0.3, -0.25) is 20.2 Å². The van der Waals surface area contributed by atoms with Crippen LogP contribution in [-0.2, 0) is 14.4 Å². The van der Waals surface area contributed by atoms with Gasteiger partial charge in [0, 0.05) is 5.02 Å². The number of hydrogen-bond donors (Lipinski definition) is 2. The third-order valence-corrected chi connectivity index (χ3v) is 7.32. The zero-order valence-corrected chi connectivity index (χ0v) is 22.0. The number of anilines is 2. The fraction of sp³-hybridized carbons (Fsp3) is 0.0323. The van der Waals surface area contributed by atoms with Gasteiger partial charge in [-0.25, -0.2) is 4.79 Å². The van der Waals surface area contributed by atoms with Crippen molar-refractivity contribution in [2.45, 2.75) is 5.66 Å². The van der Waals surface area contributed by atoms with Gasteiger partial charge in [-0.1, -0.05) is 78.0 Å². The lowest BCUT2D eigenvalue weighted by Gasteiger charge is -2.35. The number of aromatic hydroxyl groups is 1. The Kier molecular flexibility index (Phi) is 6.08. The largest absolute Gasteiger partial charge is 0.872 e. The lowest BCUT2D eigenvalue weighted by Crippen LogP contribution is -2.59. The van der Waals surface area contributed by atoms with Crippen LogP contribution in [0.15, 0.2) is 115 Å². The first-order valence-electron chi connectivity index (χ1n) is 12.5. The summed E-state index contributed by atoms with van der Waals surface area (Å²) >= 11 is 6.04. The Balaban J connectivity index is 1.78. The summed E-state index contributed by atoms with van der Waals surface area (Å²) in [5, 5.41) is 25.5. The molecule has 0 radical (unpaired) electrons. The molecule has 0 aromatic heterocycles. The lowest BCUT2D eigenvalue weighted by molar-refractivity contribution is -0.495. The minimum absolute atomic E-state index is 0.0293. The van der Waals surface area contributed by atoms with Crippen molar-refractivity contribution in [2.75, 3.05) is 9.80 Å². The quantitative estimate of drug-likeness (QED) is 0.169. The van der Waals surface area contributed by atoms with E-state index in [0.717, 1.165) is 9.80 Å². The number of rotatable bonds is 4. The number of phenols is 1. The SMILES string of the molecule is NC1=[N+](c2ccccc2)C2(C(=O)N1c1ccccc1)/C(=C(\[O-])c1ccc(Cl)cc1)C(=O)C(=O)N2c1ccccc1O. The molecule has 2 heterocycles. The normalized spacial score (nSPS) is 20.0. The second kappa shape index (κ2) is 9.65. The number of nitrogens with two attached hydrogens (primary N) is 1. The van der Waals surface area contributed by atoms with Crippen LogP contribution < -0.4 is 20.6 Å². The Morgan fingerprint density at radius 1 is 0.829 bits per heavy atom. The molecule has 1 unspecified atom stereocenters. The van der Waals surface area contributed by atoms with Gasteiger partial charge in [0.25, 0.3) is 11.4 Å². The zero-order chi connectivity index (χ0) is 28.9. The fourth-order valence-electron chi connectivity index (χ4n) is 5.33. The number of Topliss-reactive ketones (excluding diaryl/α,β-unsaturated/α-hetero) is 1. The molecule has 4 aromatic carbocycles. The number of carbonyl (C=O) groups excluding carboxylic acids is 3. The number of nitrogens with zero attached hydrogens (tertiary/aromatic N) is 3. The molecule has 1 atom stereocenters. The van der Waals surface area contributed by atoms with Crippen molar-refractivity contribution in [1.29, 1.82) is 0 Å². The smallest absolute Gasteiger partial charge is 0.366 e. The molecule has 0 bridgehead atoms. The molecule has 41 heavy (non-hydrogen) atoms. The molecule has 4 aromatic rings. The molecule has 2 aliphatic heterocycles. The summed E-state index contributed by atoms with van der Waals surface area (Å²) in [5.41, 5.74) is 4.20. The van der Waals surface area contributed by atoms with Crippen LogP contribution in [0, 0.1) is 0 Å². The van der Waals surface area contributed by atoms with Crippen LogP contribution in [0.1, 0.15) is 5.56 Å². The highest BCUT2D eigenvalue weighted by molar-refractivity contribution is 6.55. The van der Waals surface area contributed by atoms with Gasteiger partial charge in [0.05, 0.1) is 11.3 Å². The van der Waals surface area contributed by atoms with Gasteiger partial charge in [0.1, 0.15) is 17.1 Å². The van der Waals surface area contributed by atoms with Crippen LogP contribution in [0.25, 0.3) is 5.76 Å². The first kappa shape index (κ1) is 25.8. The molecular weight excluding hydrogens is 544 g/mol. The maximum atomic E-state index is 14.9. The molecule has 6 rings (SSSR count). The van der Waals surface area contributed by atoms with Crippen molar-refractivity contribution in [2.24, 2.45) is 5.73 Å². The van der Waals surface area contributed by atoms with Gasteiger partial charge >= 0.3 is 17.8 Å². The predicted molar refractivity (Wildman–Crippen MR) is 151 cm³/mol. The van der Waals surface area contributed by atoms with E-state index in [1.54, 1.807) is 60.7 Å². The topological polar surface area (TPSA) is 130 Å². The van der Waals surface area contributed by atoms with E-state index in [2.05, 4.69) is 0 Å². The lowest BCUT2D eigenvalue weighted by atomic mass is 9.93. The Morgan fingerprint density at radius 3 is 2.05 bits per heavy atom. The van der Waals surface area contributed by atoms with Crippen LogP contribution in [0.5, 0.6) is 5.75 Å². The third kappa shape index (κ3) is 3.70. The number of benzene rings is 4. The Hall–Kier alpha value is -5.41. The summed E-state index contributed by atoms with van der Waals surface area (Å²) in [4.78, 5) is 44.7. The van der Waals surface area contributed by atoms with Gasteiger partial charge in [0.2, 0.25) is 0 Å². The summed E-state index contributed by atoms with van der Waals surface area (Å²) in [6.07, 6.45) is 0. The minimum Gasteiger partial charge on any atom is -0.872 e. The van der Waals surface area contributed by atoms with Crippen LogP contribution in [0.3, 0.4) is 0 Å². The maximum absolute atomic E-state index is 14.9. The number of para-hydroxylation sites is 4. The highest BCUT2D eigenvalue weighted by atomic mass is 35.5. The third-order valence-electron chi connectivity index (χ3n) is 7.06. The van der Waals surface area contributed by atoms with Crippen molar-refractivity contribution in [3.05, 3.63) is 125 Å². The standard InChI is InChI=1S/C31H21ClN4O5/c32-20-17-15-19(16-18-20)26(38)25-27(39)28(40)36(23-13-7-8-14-24(23)37)31(25)29(41)34(21-9-3-1-4-10-21)30(33)35(31)22-11-5-2-6-12-22/h1-18,33H,(H2,37,38,39). The molecule has 2 aliphatic rings. The van der Waals surface area contributed by atoms with E-state index in [9.17, 15) is 24.6 Å². The van der Waals surface area contributed by atoms with Crippen LogP contribution in [-0.4, -0.2) is 38.9 Å². The number of carbonyl (C=O) groups is 3. The average Bonchev–Trinajstić information content (AvgIpc) is 3.35. The number of halogens is 1. The van der Waals surface area contributed by atoms with Crippen molar-refractivity contribution in [3.8, 4) is 5.75 Å². The van der Waals surface area contributed by atoms with Crippen molar-refractivity contribution in [3.63, 3.8) is 0 Å². The number of guanidine groups is 1.